The third-order valence-electron chi connectivity index (χ3n) is 10.0. The van der Waals surface area contributed by atoms with Crippen molar-refractivity contribution in [2.75, 3.05) is 0 Å². The predicted molar refractivity (Wildman–Crippen MR) is 219 cm³/mol. The van der Waals surface area contributed by atoms with Crippen LogP contribution in [-0.2, 0) is 0 Å². The summed E-state index contributed by atoms with van der Waals surface area (Å²) in [4.78, 5) is 14.7. The molecular weight excluding hydrogens is 645 g/mol. The molecule has 2 heterocycles. The number of aromatic nitrogens is 4. The molecule has 0 bridgehead atoms. The molecule has 8 aromatic carbocycles. The van der Waals surface area contributed by atoms with Crippen molar-refractivity contribution >= 4 is 32.6 Å². The maximum absolute atomic E-state index is 4.92. The highest BCUT2D eigenvalue weighted by molar-refractivity contribution is 6.21. The third kappa shape index (κ3) is 5.54. The van der Waals surface area contributed by atoms with Gasteiger partial charge in [-0.05, 0) is 63.4 Å². The van der Waals surface area contributed by atoms with Gasteiger partial charge in [-0.3, -0.25) is 0 Å². The highest BCUT2D eigenvalue weighted by Gasteiger charge is 2.16. The van der Waals surface area contributed by atoms with Crippen LogP contribution in [0.25, 0.3) is 94.7 Å². The molecule has 0 aliphatic heterocycles. The molecule has 4 nitrogen and oxygen atoms in total. The zero-order valence-corrected chi connectivity index (χ0v) is 28.8. The molecule has 0 radical (unpaired) electrons. The summed E-state index contributed by atoms with van der Waals surface area (Å²) < 4.78 is 2.40. The molecular formula is C49H32N4. The monoisotopic (exact) mass is 676 g/mol. The smallest absolute Gasteiger partial charge is 0.164 e. The highest BCUT2D eigenvalue weighted by Crippen LogP contribution is 2.39. The number of rotatable bonds is 6. The lowest BCUT2D eigenvalue weighted by Gasteiger charge is -2.11. The summed E-state index contributed by atoms with van der Waals surface area (Å²) in [6, 6.07) is 68.2. The number of para-hydroxylation sites is 1. The van der Waals surface area contributed by atoms with E-state index >= 15 is 0 Å². The molecule has 53 heavy (non-hydrogen) atoms. The molecule has 248 valence electrons. The zero-order chi connectivity index (χ0) is 35.1. The molecule has 10 aromatic rings. The van der Waals surface area contributed by atoms with Crippen molar-refractivity contribution in [3.63, 3.8) is 0 Å². The van der Waals surface area contributed by atoms with Crippen LogP contribution in [0.3, 0.4) is 0 Å². The van der Waals surface area contributed by atoms with Gasteiger partial charge in [0.2, 0.25) is 0 Å². The average Bonchev–Trinajstić information content (AvgIpc) is 3.59. The SMILES string of the molecule is c1ccc(-c2cccc(-n3c4ccccc4c4c5ccc(-c6ccc(-c7nc(-c8ccccc8)nc(-c8ccccc8)n7)cc6)cc5ccc43)c2)cc1. The van der Waals surface area contributed by atoms with E-state index in [2.05, 4.69) is 138 Å². The Kier molecular flexibility index (Phi) is 7.43. The molecule has 0 fully saturated rings. The fourth-order valence-corrected chi connectivity index (χ4v) is 7.46. The summed E-state index contributed by atoms with van der Waals surface area (Å²) in [5, 5.41) is 4.96. The maximum atomic E-state index is 4.92. The van der Waals surface area contributed by atoms with Gasteiger partial charge in [-0.15, -0.1) is 0 Å². The van der Waals surface area contributed by atoms with Crippen LogP contribution < -0.4 is 0 Å². The minimum atomic E-state index is 0.649. The van der Waals surface area contributed by atoms with Crippen molar-refractivity contribution in [3.05, 3.63) is 194 Å². The number of hydrogen-bond donors (Lipinski definition) is 0. The highest BCUT2D eigenvalue weighted by atomic mass is 15.0. The van der Waals surface area contributed by atoms with Crippen LogP contribution in [0.5, 0.6) is 0 Å². The van der Waals surface area contributed by atoms with Gasteiger partial charge >= 0.3 is 0 Å². The molecule has 0 aliphatic carbocycles. The Morgan fingerprint density at radius 3 is 1.45 bits per heavy atom. The Bertz CT molecular complexity index is 2860. The standard InChI is InChI=1S/C49H32N4/c1-4-13-33(14-5-1)38-19-12-20-41(32-38)53-44-22-11-10-21-43(44)46-42-29-27-39(31-40(42)28-30-45(46)53)34-23-25-37(26-24-34)49-51-47(35-15-6-2-7-16-35)50-48(52-49)36-17-8-3-9-18-36/h1-32H. The van der Waals surface area contributed by atoms with Crippen molar-refractivity contribution < 1.29 is 0 Å². The summed E-state index contributed by atoms with van der Waals surface area (Å²) in [5.74, 6) is 1.96. The van der Waals surface area contributed by atoms with Crippen LogP contribution in [0.15, 0.2) is 194 Å². The quantitative estimate of drug-likeness (QED) is 0.176. The molecule has 0 unspecified atom stereocenters. The van der Waals surface area contributed by atoms with E-state index in [4.69, 9.17) is 15.0 Å². The van der Waals surface area contributed by atoms with Crippen LogP contribution >= 0.6 is 0 Å². The lowest BCUT2D eigenvalue weighted by atomic mass is 9.97. The summed E-state index contributed by atoms with van der Waals surface area (Å²) in [6.07, 6.45) is 0. The lowest BCUT2D eigenvalue weighted by molar-refractivity contribution is 1.07. The van der Waals surface area contributed by atoms with E-state index in [9.17, 15) is 0 Å². The zero-order valence-electron chi connectivity index (χ0n) is 28.8. The van der Waals surface area contributed by atoms with Gasteiger partial charge < -0.3 is 4.57 Å². The first-order chi connectivity index (χ1) is 26.3. The van der Waals surface area contributed by atoms with E-state index in [-0.39, 0.29) is 0 Å². The minimum Gasteiger partial charge on any atom is -0.309 e. The molecule has 0 spiro atoms. The largest absolute Gasteiger partial charge is 0.309 e. The van der Waals surface area contributed by atoms with Crippen LogP contribution in [0.4, 0.5) is 0 Å². The van der Waals surface area contributed by atoms with Crippen LogP contribution in [0.1, 0.15) is 0 Å². The van der Waals surface area contributed by atoms with Gasteiger partial charge in [-0.1, -0.05) is 164 Å². The molecule has 0 amide bonds. The Balaban J connectivity index is 1.04. The first kappa shape index (κ1) is 30.6. The van der Waals surface area contributed by atoms with Gasteiger partial charge in [0.1, 0.15) is 0 Å². The van der Waals surface area contributed by atoms with Gasteiger partial charge in [0.15, 0.2) is 17.5 Å². The molecule has 0 N–H and O–H groups in total. The fraction of sp³-hybridized carbons (Fsp3) is 0. The fourth-order valence-electron chi connectivity index (χ4n) is 7.46. The second-order valence-electron chi connectivity index (χ2n) is 13.3. The van der Waals surface area contributed by atoms with E-state index in [1.165, 1.54) is 43.7 Å². The summed E-state index contributed by atoms with van der Waals surface area (Å²) in [6.45, 7) is 0. The van der Waals surface area contributed by atoms with Gasteiger partial charge in [-0.25, -0.2) is 15.0 Å². The summed E-state index contributed by atoms with van der Waals surface area (Å²) in [5.41, 5.74) is 11.1. The number of hydrogen-bond acceptors (Lipinski definition) is 3. The molecule has 2 aromatic heterocycles. The van der Waals surface area contributed by atoms with Crippen LogP contribution in [0, 0.1) is 0 Å². The van der Waals surface area contributed by atoms with Crippen LogP contribution in [0.2, 0.25) is 0 Å². The van der Waals surface area contributed by atoms with E-state index in [1.54, 1.807) is 0 Å². The average molecular weight is 677 g/mol. The first-order valence-electron chi connectivity index (χ1n) is 17.9. The Hall–Kier alpha value is -7.17. The molecule has 0 atom stereocenters. The third-order valence-corrected chi connectivity index (χ3v) is 10.0. The predicted octanol–water partition coefficient (Wildman–Crippen LogP) is 12.5. The lowest BCUT2D eigenvalue weighted by Crippen LogP contribution is -2.00. The van der Waals surface area contributed by atoms with Crippen molar-refractivity contribution in [1.29, 1.82) is 0 Å². The van der Waals surface area contributed by atoms with Gasteiger partial charge in [-0.2, -0.15) is 0 Å². The van der Waals surface area contributed by atoms with Crippen molar-refractivity contribution in [3.8, 4) is 62.1 Å². The minimum absolute atomic E-state index is 0.649. The molecule has 0 saturated heterocycles. The van der Waals surface area contributed by atoms with Crippen molar-refractivity contribution in [2.24, 2.45) is 0 Å². The molecule has 0 saturated carbocycles. The Morgan fingerprint density at radius 2 is 0.792 bits per heavy atom. The second-order valence-corrected chi connectivity index (χ2v) is 13.3. The Labute approximate surface area is 307 Å². The normalized spacial score (nSPS) is 11.4. The molecule has 4 heteroatoms. The van der Waals surface area contributed by atoms with E-state index in [1.807, 2.05) is 60.7 Å². The number of benzene rings is 8. The number of nitrogens with zero attached hydrogens (tertiary/aromatic N) is 4. The molecule has 10 rings (SSSR count). The maximum Gasteiger partial charge on any atom is 0.164 e. The van der Waals surface area contributed by atoms with Gasteiger partial charge in [0.05, 0.1) is 11.0 Å². The van der Waals surface area contributed by atoms with Gasteiger partial charge in [0, 0.05) is 33.2 Å². The molecule has 0 aliphatic rings. The van der Waals surface area contributed by atoms with Crippen molar-refractivity contribution in [1.82, 2.24) is 19.5 Å². The first-order valence-corrected chi connectivity index (χ1v) is 17.9. The Morgan fingerprint density at radius 1 is 0.302 bits per heavy atom. The van der Waals surface area contributed by atoms with E-state index in [0.29, 0.717) is 17.5 Å². The van der Waals surface area contributed by atoms with E-state index < -0.39 is 0 Å². The summed E-state index contributed by atoms with van der Waals surface area (Å²) in [7, 11) is 0. The second kappa shape index (κ2) is 12.9. The van der Waals surface area contributed by atoms with E-state index in [0.717, 1.165) is 33.5 Å². The summed E-state index contributed by atoms with van der Waals surface area (Å²) >= 11 is 0. The van der Waals surface area contributed by atoms with Crippen molar-refractivity contribution in [2.45, 2.75) is 0 Å². The topological polar surface area (TPSA) is 43.6 Å². The van der Waals surface area contributed by atoms with Gasteiger partial charge in [0.25, 0.3) is 0 Å². The van der Waals surface area contributed by atoms with Crippen LogP contribution in [-0.4, -0.2) is 19.5 Å². The number of fused-ring (bicyclic) bond motifs is 5.